The average molecular weight is 409 g/mol. The first-order chi connectivity index (χ1) is 15.1. The normalized spacial score (nSPS) is 11.0. The standard InChI is InChI=1S/C25H15NO5/c27-23-11-8-17-13-19(9-10-22(17)30-23)26-24(28)18-6-3-5-15(12-18)20-14-16-4-1-2-7-21(16)31-25(20)29/h1-14H,(H,26,28). The van der Waals surface area contributed by atoms with Crippen LogP contribution in [-0.4, -0.2) is 5.91 Å². The van der Waals surface area contributed by atoms with Gasteiger partial charge in [-0.25, -0.2) is 9.59 Å². The van der Waals surface area contributed by atoms with Crippen molar-refractivity contribution in [1.82, 2.24) is 0 Å². The molecule has 0 fully saturated rings. The molecule has 6 heteroatoms. The van der Waals surface area contributed by atoms with Gasteiger partial charge in [0, 0.05) is 28.1 Å². The number of hydrogen-bond donors (Lipinski definition) is 1. The lowest BCUT2D eigenvalue weighted by Gasteiger charge is -2.08. The number of carbonyl (C=O) groups excluding carboxylic acids is 1. The molecule has 6 nitrogen and oxygen atoms in total. The summed E-state index contributed by atoms with van der Waals surface area (Å²) >= 11 is 0. The Morgan fingerprint density at radius 2 is 1.52 bits per heavy atom. The summed E-state index contributed by atoms with van der Waals surface area (Å²) in [5, 5.41) is 4.32. The molecule has 0 spiro atoms. The molecule has 0 bridgehead atoms. The average Bonchev–Trinajstić information content (AvgIpc) is 2.79. The summed E-state index contributed by atoms with van der Waals surface area (Å²) in [5.74, 6) is -0.330. The molecule has 5 aromatic rings. The molecular weight excluding hydrogens is 394 g/mol. The first-order valence-corrected chi connectivity index (χ1v) is 9.55. The highest BCUT2D eigenvalue weighted by Gasteiger charge is 2.12. The van der Waals surface area contributed by atoms with Gasteiger partial charge in [0.2, 0.25) is 0 Å². The Morgan fingerprint density at radius 3 is 2.42 bits per heavy atom. The molecule has 0 unspecified atom stereocenters. The number of benzene rings is 3. The van der Waals surface area contributed by atoms with Crippen molar-refractivity contribution in [1.29, 1.82) is 0 Å². The van der Waals surface area contributed by atoms with E-state index in [2.05, 4.69) is 5.32 Å². The second-order valence-electron chi connectivity index (χ2n) is 7.03. The summed E-state index contributed by atoms with van der Waals surface area (Å²) in [7, 11) is 0. The van der Waals surface area contributed by atoms with E-state index < -0.39 is 11.3 Å². The van der Waals surface area contributed by atoms with Crippen LogP contribution in [0.15, 0.2) is 103 Å². The van der Waals surface area contributed by atoms with Crippen molar-refractivity contribution in [3.63, 3.8) is 0 Å². The summed E-state index contributed by atoms with van der Waals surface area (Å²) in [6, 6.07) is 23.8. The number of hydrogen-bond acceptors (Lipinski definition) is 5. The van der Waals surface area contributed by atoms with Gasteiger partial charge in [-0.1, -0.05) is 30.3 Å². The first-order valence-electron chi connectivity index (χ1n) is 9.55. The van der Waals surface area contributed by atoms with E-state index in [0.717, 1.165) is 5.39 Å². The number of rotatable bonds is 3. The van der Waals surface area contributed by atoms with Crippen molar-refractivity contribution >= 4 is 33.5 Å². The molecular formula is C25H15NO5. The van der Waals surface area contributed by atoms with Crippen LogP contribution in [0.3, 0.4) is 0 Å². The minimum atomic E-state index is -0.465. The van der Waals surface area contributed by atoms with Gasteiger partial charge in [-0.2, -0.15) is 0 Å². The van der Waals surface area contributed by atoms with Gasteiger partial charge >= 0.3 is 11.3 Å². The molecule has 0 aliphatic rings. The van der Waals surface area contributed by atoms with Crippen LogP contribution in [0.5, 0.6) is 0 Å². The third-order valence-electron chi connectivity index (χ3n) is 4.95. The van der Waals surface area contributed by atoms with Crippen LogP contribution in [0.2, 0.25) is 0 Å². The highest BCUT2D eigenvalue weighted by atomic mass is 16.4. The molecule has 31 heavy (non-hydrogen) atoms. The lowest BCUT2D eigenvalue weighted by Crippen LogP contribution is -2.12. The van der Waals surface area contributed by atoms with Gasteiger partial charge in [0.05, 0.1) is 5.56 Å². The Bertz CT molecular complexity index is 1580. The summed E-state index contributed by atoms with van der Waals surface area (Å²) < 4.78 is 10.5. The van der Waals surface area contributed by atoms with Gasteiger partial charge in [0.25, 0.3) is 5.91 Å². The lowest BCUT2D eigenvalue weighted by atomic mass is 10.0. The Balaban J connectivity index is 1.47. The van der Waals surface area contributed by atoms with E-state index in [1.54, 1.807) is 66.7 Å². The fraction of sp³-hybridized carbons (Fsp3) is 0. The molecule has 150 valence electrons. The third kappa shape index (κ3) is 3.62. The smallest absolute Gasteiger partial charge is 0.344 e. The summed E-state index contributed by atoms with van der Waals surface area (Å²) in [6.45, 7) is 0. The van der Waals surface area contributed by atoms with E-state index in [-0.39, 0.29) is 5.91 Å². The van der Waals surface area contributed by atoms with Crippen LogP contribution < -0.4 is 16.6 Å². The van der Waals surface area contributed by atoms with Crippen molar-refractivity contribution in [2.45, 2.75) is 0 Å². The fourth-order valence-corrected chi connectivity index (χ4v) is 3.44. The van der Waals surface area contributed by atoms with Crippen LogP contribution in [0, 0.1) is 0 Å². The van der Waals surface area contributed by atoms with Gasteiger partial charge in [0.15, 0.2) is 0 Å². The van der Waals surface area contributed by atoms with Gasteiger partial charge < -0.3 is 14.2 Å². The topological polar surface area (TPSA) is 89.5 Å². The number of carbonyl (C=O) groups is 1. The molecule has 0 atom stereocenters. The van der Waals surface area contributed by atoms with E-state index in [4.69, 9.17) is 8.83 Å². The second-order valence-corrected chi connectivity index (χ2v) is 7.03. The maximum absolute atomic E-state index is 12.8. The van der Waals surface area contributed by atoms with Crippen molar-refractivity contribution < 1.29 is 13.6 Å². The number of amides is 1. The zero-order valence-corrected chi connectivity index (χ0v) is 16.1. The molecule has 2 aromatic heterocycles. The van der Waals surface area contributed by atoms with Crippen LogP contribution in [-0.2, 0) is 0 Å². The molecule has 0 saturated heterocycles. The van der Waals surface area contributed by atoms with Crippen LogP contribution in [0.1, 0.15) is 10.4 Å². The monoisotopic (exact) mass is 409 g/mol. The van der Waals surface area contributed by atoms with Gasteiger partial charge in [-0.3, -0.25) is 4.79 Å². The predicted octanol–water partition coefficient (Wildman–Crippen LogP) is 4.82. The van der Waals surface area contributed by atoms with Crippen molar-refractivity contribution in [3.05, 3.63) is 111 Å². The SMILES string of the molecule is O=C(Nc1ccc2oc(=O)ccc2c1)c1cccc(-c2cc3ccccc3oc2=O)c1. The minimum Gasteiger partial charge on any atom is -0.423 e. The molecule has 1 amide bonds. The molecule has 2 heterocycles. The van der Waals surface area contributed by atoms with E-state index >= 15 is 0 Å². The lowest BCUT2D eigenvalue weighted by molar-refractivity contribution is 0.102. The molecule has 0 saturated carbocycles. The first kappa shape index (κ1) is 18.6. The van der Waals surface area contributed by atoms with E-state index in [1.165, 1.54) is 6.07 Å². The predicted molar refractivity (Wildman–Crippen MR) is 118 cm³/mol. The van der Waals surface area contributed by atoms with Crippen molar-refractivity contribution in [3.8, 4) is 11.1 Å². The highest BCUT2D eigenvalue weighted by molar-refractivity contribution is 6.05. The molecule has 3 aromatic carbocycles. The third-order valence-corrected chi connectivity index (χ3v) is 4.95. The number of para-hydroxylation sites is 1. The van der Waals surface area contributed by atoms with Crippen LogP contribution in [0.25, 0.3) is 33.1 Å². The van der Waals surface area contributed by atoms with Crippen LogP contribution >= 0.6 is 0 Å². The molecule has 0 radical (unpaired) electrons. The van der Waals surface area contributed by atoms with Crippen molar-refractivity contribution in [2.24, 2.45) is 0 Å². The summed E-state index contributed by atoms with van der Waals surface area (Å²) in [6.07, 6.45) is 0. The number of anilines is 1. The Hall–Kier alpha value is -4.45. The molecule has 0 aliphatic carbocycles. The Kier molecular flexibility index (Phi) is 4.45. The molecule has 0 aliphatic heterocycles. The zero-order chi connectivity index (χ0) is 21.4. The highest BCUT2D eigenvalue weighted by Crippen LogP contribution is 2.23. The minimum absolute atomic E-state index is 0.330. The molecule has 1 N–H and O–H groups in total. The van der Waals surface area contributed by atoms with E-state index in [1.807, 2.05) is 12.1 Å². The number of nitrogens with one attached hydrogen (secondary N) is 1. The van der Waals surface area contributed by atoms with Crippen molar-refractivity contribution in [2.75, 3.05) is 5.32 Å². The van der Waals surface area contributed by atoms with Gasteiger partial charge in [-0.05, 0) is 54.1 Å². The number of fused-ring (bicyclic) bond motifs is 2. The van der Waals surface area contributed by atoms with Crippen LogP contribution in [0.4, 0.5) is 5.69 Å². The Morgan fingerprint density at radius 1 is 0.710 bits per heavy atom. The van der Waals surface area contributed by atoms with E-state index in [0.29, 0.717) is 38.9 Å². The molecule has 5 rings (SSSR count). The largest absolute Gasteiger partial charge is 0.423 e. The van der Waals surface area contributed by atoms with Gasteiger partial charge in [0.1, 0.15) is 11.2 Å². The van der Waals surface area contributed by atoms with E-state index in [9.17, 15) is 14.4 Å². The maximum Gasteiger partial charge on any atom is 0.344 e. The quantitative estimate of drug-likeness (QED) is 0.432. The second kappa shape index (κ2) is 7.42. The summed E-state index contributed by atoms with van der Waals surface area (Å²) in [4.78, 5) is 36.6. The van der Waals surface area contributed by atoms with Gasteiger partial charge in [-0.15, -0.1) is 0 Å². The maximum atomic E-state index is 12.8. The zero-order valence-electron chi connectivity index (χ0n) is 16.1. The Labute approximate surface area is 175 Å². The fourth-order valence-electron chi connectivity index (χ4n) is 3.44. The summed E-state index contributed by atoms with van der Waals surface area (Å²) in [5.41, 5.74) is 1.98.